The van der Waals surface area contributed by atoms with Crippen LogP contribution in [0.5, 0.6) is 0 Å². The fraction of sp³-hybridized carbons (Fsp3) is 0.294. The molecule has 1 aliphatic rings. The molecule has 1 aliphatic heterocycles. The van der Waals surface area contributed by atoms with Crippen LogP contribution in [0.2, 0.25) is 0 Å². The van der Waals surface area contributed by atoms with Gasteiger partial charge in [0.1, 0.15) is 10.4 Å². The molecule has 1 heterocycles. The van der Waals surface area contributed by atoms with E-state index in [2.05, 4.69) is 5.32 Å². The number of carboxylic acids is 1. The van der Waals surface area contributed by atoms with Crippen LogP contribution in [0.3, 0.4) is 0 Å². The van der Waals surface area contributed by atoms with Crippen molar-refractivity contribution in [2.24, 2.45) is 0 Å². The zero-order valence-corrected chi connectivity index (χ0v) is 15.2. The lowest BCUT2D eigenvalue weighted by atomic mass is 10.2. The molecule has 1 atom stereocenters. The zero-order chi connectivity index (χ0) is 18.4. The number of thioether (sulfide) groups is 1. The van der Waals surface area contributed by atoms with E-state index >= 15 is 0 Å². The van der Waals surface area contributed by atoms with Crippen molar-refractivity contribution in [3.05, 3.63) is 40.8 Å². The van der Waals surface area contributed by atoms with Crippen LogP contribution in [-0.2, 0) is 14.4 Å². The summed E-state index contributed by atoms with van der Waals surface area (Å²) < 4.78 is 0.394. The molecule has 0 aliphatic carbocycles. The molecule has 8 heteroatoms. The molecule has 25 heavy (non-hydrogen) atoms. The molecule has 1 aromatic rings. The van der Waals surface area contributed by atoms with E-state index in [1.165, 1.54) is 16.7 Å². The largest absolute Gasteiger partial charge is 0.480 e. The van der Waals surface area contributed by atoms with Gasteiger partial charge in [0.15, 0.2) is 0 Å². The number of aliphatic carboxylic acids is 1. The molecule has 0 bridgehead atoms. The number of hydrogen-bond donors (Lipinski definition) is 2. The van der Waals surface area contributed by atoms with Gasteiger partial charge in [-0.25, -0.2) is 4.79 Å². The second kappa shape index (κ2) is 8.77. The number of benzene rings is 1. The van der Waals surface area contributed by atoms with Crippen LogP contribution in [0.25, 0.3) is 6.08 Å². The molecular weight excluding hydrogens is 360 g/mol. The van der Waals surface area contributed by atoms with Gasteiger partial charge in [0.25, 0.3) is 5.91 Å². The molecule has 1 aromatic carbocycles. The summed E-state index contributed by atoms with van der Waals surface area (Å²) in [7, 11) is 0. The summed E-state index contributed by atoms with van der Waals surface area (Å²) >= 11 is 6.41. The molecule has 132 valence electrons. The van der Waals surface area contributed by atoms with Gasteiger partial charge in [0.2, 0.25) is 5.91 Å². The predicted octanol–water partition coefficient (Wildman–Crippen LogP) is 2.26. The van der Waals surface area contributed by atoms with Crippen LogP contribution in [0, 0.1) is 0 Å². The summed E-state index contributed by atoms with van der Waals surface area (Å²) in [5, 5.41) is 11.4. The van der Waals surface area contributed by atoms with Gasteiger partial charge < -0.3 is 10.4 Å². The van der Waals surface area contributed by atoms with Crippen molar-refractivity contribution in [1.82, 2.24) is 10.2 Å². The van der Waals surface area contributed by atoms with E-state index in [0.717, 1.165) is 5.56 Å². The van der Waals surface area contributed by atoms with E-state index in [4.69, 9.17) is 17.3 Å². The van der Waals surface area contributed by atoms with E-state index < -0.39 is 17.9 Å². The van der Waals surface area contributed by atoms with Crippen LogP contribution < -0.4 is 5.32 Å². The monoisotopic (exact) mass is 378 g/mol. The molecule has 2 N–H and O–H groups in total. The summed E-state index contributed by atoms with van der Waals surface area (Å²) in [6.45, 7) is 1.80. The Morgan fingerprint density at radius 3 is 2.64 bits per heavy atom. The number of amides is 2. The summed E-state index contributed by atoms with van der Waals surface area (Å²) in [4.78, 5) is 37.1. The maximum absolute atomic E-state index is 12.4. The quantitative estimate of drug-likeness (QED) is 0.559. The standard InChI is InChI=1S/C17H18N2O4S2/c1-2-12(16(22)23)18-14(20)8-9-19-15(21)13(25-17(19)24)10-11-6-4-3-5-7-11/h3-7,10,12H,2,8-9H2,1H3,(H,18,20)(H,22,23). The summed E-state index contributed by atoms with van der Waals surface area (Å²) in [5.74, 6) is -1.74. The molecule has 2 amide bonds. The Balaban J connectivity index is 1.96. The SMILES string of the molecule is CCC(NC(=O)CCN1C(=O)C(=Cc2ccccc2)SC1=S)C(=O)O. The van der Waals surface area contributed by atoms with Crippen molar-refractivity contribution >= 4 is 52.2 Å². The number of carbonyl (C=O) groups is 3. The van der Waals surface area contributed by atoms with Gasteiger partial charge >= 0.3 is 5.97 Å². The normalized spacial score (nSPS) is 17.0. The third-order valence-electron chi connectivity index (χ3n) is 3.57. The van der Waals surface area contributed by atoms with E-state index in [1.807, 2.05) is 30.3 Å². The lowest BCUT2D eigenvalue weighted by Gasteiger charge is -2.16. The number of carbonyl (C=O) groups excluding carboxylic acids is 2. The molecule has 2 rings (SSSR count). The molecular formula is C17H18N2O4S2. The first-order valence-electron chi connectivity index (χ1n) is 7.75. The second-order valence-corrected chi connectivity index (χ2v) is 7.04. The van der Waals surface area contributed by atoms with Crippen molar-refractivity contribution in [3.8, 4) is 0 Å². The van der Waals surface area contributed by atoms with Crippen molar-refractivity contribution in [1.29, 1.82) is 0 Å². The van der Waals surface area contributed by atoms with Crippen LogP contribution in [-0.4, -0.2) is 44.7 Å². The van der Waals surface area contributed by atoms with Gasteiger partial charge in [-0.3, -0.25) is 14.5 Å². The molecule has 1 fully saturated rings. The lowest BCUT2D eigenvalue weighted by molar-refractivity contribution is -0.142. The highest BCUT2D eigenvalue weighted by molar-refractivity contribution is 8.26. The highest BCUT2D eigenvalue weighted by Gasteiger charge is 2.32. The van der Waals surface area contributed by atoms with E-state index in [9.17, 15) is 14.4 Å². The second-order valence-electron chi connectivity index (χ2n) is 5.36. The summed E-state index contributed by atoms with van der Waals surface area (Å²) in [6.07, 6.45) is 2.05. The Labute approximate surface area is 155 Å². The van der Waals surface area contributed by atoms with Gasteiger partial charge in [-0.05, 0) is 18.1 Å². The van der Waals surface area contributed by atoms with Gasteiger partial charge in [-0.1, -0.05) is 61.2 Å². The van der Waals surface area contributed by atoms with Gasteiger partial charge in [-0.15, -0.1) is 0 Å². The summed E-state index contributed by atoms with van der Waals surface area (Å²) in [6, 6.07) is 8.50. The van der Waals surface area contributed by atoms with Gasteiger partial charge in [-0.2, -0.15) is 0 Å². The van der Waals surface area contributed by atoms with Crippen molar-refractivity contribution in [2.45, 2.75) is 25.8 Å². The molecule has 0 spiro atoms. The fourth-order valence-electron chi connectivity index (χ4n) is 2.21. The minimum Gasteiger partial charge on any atom is -0.480 e. The Kier molecular flexibility index (Phi) is 6.72. The minimum atomic E-state index is -1.08. The van der Waals surface area contributed by atoms with E-state index in [0.29, 0.717) is 15.6 Å². The highest BCUT2D eigenvalue weighted by Crippen LogP contribution is 2.32. The number of carboxylic acid groups (broad SMARTS) is 1. The highest BCUT2D eigenvalue weighted by atomic mass is 32.2. The average Bonchev–Trinajstić information content (AvgIpc) is 2.85. The molecule has 0 saturated carbocycles. The number of nitrogens with zero attached hydrogens (tertiary/aromatic N) is 1. The fourth-order valence-corrected chi connectivity index (χ4v) is 3.52. The van der Waals surface area contributed by atoms with E-state index in [-0.39, 0.29) is 18.9 Å². The summed E-state index contributed by atoms with van der Waals surface area (Å²) in [5.41, 5.74) is 0.896. The average molecular weight is 378 g/mol. The van der Waals surface area contributed by atoms with Crippen molar-refractivity contribution < 1.29 is 19.5 Å². The van der Waals surface area contributed by atoms with E-state index in [1.54, 1.807) is 13.0 Å². The third kappa shape index (κ3) is 5.14. The van der Waals surface area contributed by atoms with Gasteiger partial charge in [0, 0.05) is 13.0 Å². The van der Waals surface area contributed by atoms with Crippen molar-refractivity contribution in [2.75, 3.05) is 6.54 Å². The first kappa shape index (κ1) is 19.1. The number of nitrogens with one attached hydrogen (secondary N) is 1. The Morgan fingerprint density at radius 2 is 2.04 bits per heavy atom. The predicted molar refractivity (Wildman–Crippen MR) is 101 cm³/mol. The first-order valence-corrected chi connectivity index (χ1v) is 8.97. The maximum Gasteiger partial charge on any atom is 0.326 e. The smallest absolute Gasteiger partial charge is 0.326 e. The Bertz CT molecular complexity index is 719. The molecule has 6 nitrogen and oxygen atoms in total. The molecule has 1 unspecified atom stereocenters. The number of hydrogen-bond acceptors (Lipinski definition) is 5. The minimum absolute atomic E-state index is 0.00512. The van der Waals surface area contributed by atoms with Crippen LogP contribution >= 0.6 is 24.0 Å². The molecule has 1 saturated heterocycles. The van der Waals surface area contributed by atoms with Gasteiger partial charge in [0.05, 0.1) is 4.91 Å². The Morgan fingerprint density at radius 1 is 1.36 bits per heavy atom. The number of thiocarbonyl (C=S) groups is 1. The Hall–Kier alpha value is -2.19. The third-order valence-corrected chi connectivity index (χ3v) is 4.95. The van der Waals surface area contributed by atoms with Crippen LogP contribution in [0.4, 0.5) is 0 Å². The molecule has 0 radical (unpaired) electrons. The number of rotatable bonds is 7. The lowest BCUT2D eigenvalue weighted by Crippen LogP contribution is -2.42. The zero-order valence-electron chi connectivity index (χ0n) is 13.6. The van der Waals surface area contributed by atoms with Crippen LogP contribution in [0.15, 0.2) is 35.2 Å². The topological polar surface area (TPSA) is 86.7 Å². The first-order chi connectivity index (χ1) is 11.9. The maximum atomic E-state index is 12.4. The van der Waals surface area contributed by atoms with Crippen LogP contribution in [0.1, 0.15) is 25.3 Å². The van der Waals surface area contributed by atoms with Crippen molar-refractivity contribution in [3.63, 3.8) is 0 Å². The molecule has 0 aromatic heterocycles.